The highest BCUT2D eigenvalue weighted by Gasteiger charge is 2.13. The summed E-state index contributed by atoms with van der Waals surface area (Å²) in [4.78, 5) is 5.68. The van der Waals surface area contributed by atoms with E-state index in [9.17, 15) is 0 Å². The van der Waals surface area contributed by atoms with Crippen LogP contribution in [0.5, 0.6) is 0 Å². The zero-order valence-electron chi connectivity index (χ0n) is 12.1. The Bertz CT molecular complexity index is 1090. The predicted molar refractivity (Wildman–Crippen MR) is 93.7 cm³/mol. The van der Waals surface area contributed by atoms with Crippen molar-refractivity contribution in [3.05, 3.63) is 72.2 Å². The van der Waals surface area contributed by atoms with Crippen molar-refractivity contribution < 1.29 is 4.42 Å². The average Bonchev–Trinajstić information content (AvgIpc) is 3.28. The van der Waals surface area contributed by atoms with Crippen LogP contribution in [0.25, 0.3) is 38.6 Å². The zero-order chi connectivity index (χ0) is 15.2. The molecule has 5 rings (SSSR count). The maximum Gasteiger partial charge on any atom is 0.194 e. The highest BCUT2D eigenvalue weighted by molar-refractivity contribution is 7.15. The molecular formula is C19H12N2OS. The van der Waals surface area contributed by atoms with E-state index in [0.717, 1.165) is 33.1 Å². The van der Waals surface area contributed by atoms with Gasteiger partial charge in [-0.15, -0.1) is 11.3 Å². The minimum Gasteiger partial charge on any atom is -0.454 e. The van der Waals surface area contributed by atoms with Crippen LogP contribution in [0, 0.1) is 0 Å². The molecule has 0 aliphatic rings. The summed E-state index contributed by atoms with van der Waals surface area (Å²) < 4.78 is 8.05. The number of hydrogen-bond acceptors (Lipinski definition) is 3. The normalized spacial score (nSPS) is 11.5. The van der Waals surface area contributed by atoms with E-state index in [-0.39, 0.29) is 0 Å². The van der Waals surface area contributed by atoms with E-state index in [1.54, 1.807) is 11.3 Å². The van der Waals surface area contributed by atoms with E-state index in [4.69, 9.17) is 9.40 Å². The van der Waals surface area contributed by atoms with Crippen LogP contribution < -0.4 is 0 Å². The summed E-state index contributed by atoms with van der Waals surface area (Å²) in [5.74, 6) is 0.807. The van der Waals surface area contributed by atoms with Crippen LogP contribution in [0.1, 0.15) is 0 Å². The van der Waals surface area contributed by atoms with Crippen LogP contribution in [0.15, 0.2) is 76.7 Å². The molecule has 0 saturated heterocycles. The molecule has 2 aromatic carbocycles. The second-order valence-electron chi connectivity index (χ2n) is 5.41. The smallest absolute Gasteiger partial charge is 0.194 e. The van der Waals surface area contributed by atoms with Gasteiger partial charge in [0.1, 0.15) is 11.3 Å². The summed E-state index contributed by atoms with van der Waals surface area (Å²) in [6.07, 6.45) is 2.05. The van der Waals surface area contributed by atoms with Crippen LogP contribution >= 0.6 is 11.3 Å². The Morgan fingerprint density at radius 1 is 0.957 bits per heavy atom. The minimum atomic E-state index is 0.807. The Morgan fingerprint density at radius 2 is 1.78 bits per heavy atom. The summed E-state index contributed by atoms with van der Waals surface area (Å²) in [6.45, 7) is 0. The van der Waals surface area contributed by atoms with Gasteiger partial charge >= 0.3 is 0 Å². The van der Waals surface area contributed by atoms with E-state index < -0.39 is 0 Å². The van der Waals surface area contributed by atoms with Gasteiger partial charge in [-0.05, 0) is 17.7 Å². The van der Waals surface area contributed by atoms with Crippen molar-refractivity contribution in [2.45, 2.75) is 0 Å². The summed E-state index contributed by atoms with van der Waals surface area (Å²) in [7, 11) is 0. The lowest BCUT2D eigenvalue weighted by molar-refractivity contribution is 0.629. The quantitative estimate of drug-likeness (QED) is 0.432. The minimum absolute atomic E-state index is 0.807. The third kappa shape index (κ3) is 1.99. The third-order valence-corrected chi connectivity index (χ3v) is 4.80. The summed E-state index contributed by atoms with van der Waals surface area (Å²) >= 11 is 1.64. The van der Waals surface area contributed by atoms with Crippen LogP contribution in [0.3, 0.4) is 0 Å². The van der Waals surface area contributed by atoms with Gasteiger partial charge < -0.3 is 4.42 Å². The Balaban J connectivity index is 1.67. The fourth-order valence-electron chi connectivity index (χ4n) is 2.83. The molecule has 0 saturated carbocycles. The molecule has 0 N–H and O–H groups in total. The lowest BCUT2D eigenvalue weighted by atomic mass is 10.2. The fraction of sp³-hybridized carbons (Fsp3) is 0. The van der Waals surface area contributed by atoms with Gasteiger partial charge in [0.2, 0.25) is 0 Å². The number of imidazole rings is 1. The number of rotatable bonds is 2. The average molecular weight is 316 g/mol. The molecule has 0 atom stereocenters. The van der Waals surface area contributed by atoms with Crippen LogP contribution in [-0.4, -0.2) is 9.38 Å². The maximum atomic E-state index is 5.93. The molecule has 4 heteroatoms. The lowest BCUT2D eigenvalue weighted by Crippen LogP contribution is -1.82. The van der Waals surface area contributed by atoms with Gasteiger partial charge in [-0.2, -0.15) is 0 Å². The van der Waals surface area contributed by atoms with Crippen molar-refractivity contribution in [2.75, 3.05) is 0 Å². The van der Waals surface area contributed by atoms with E-state index in [2.05, 4.69) is 40.1 Å². The number of aromatic nitrogens is 2. The van der Waals surface area contributed by atoms with Gasteiger partial charge in [-0.3, -0.25) is 4.40 Å². The molecule has 23 heavy (non-hydrogen) atoms. The molecule has 110 valence electrons. The molecule has 0 bridgehead atoms. The number of thiazole rings is 1. The molecule has 0 spiro atoms. The molecule has 0 fully saturated rings. The monoisotopic (exact) mass is 316 g/mol. The van der Waals surface area contributed by atoms with Crippen LogP contribution in [0.4, 0.5) is 0 Å². The van der Waals surface area contributed by atoms with Gasteiger partial charge in [-0.1, -0.05) is 48.5 Å². The number of hydrogen-bond donors (Lipinski definition) is 0. The summed E-state index contributed by atoms with van der Waals surface area (Å²) in [5.41, 5.74) is 4.10. The van der Waals surface area contributed by atoms with Gasteiger partial charge in [-0.25, -0.2) is 4.98 Å². The number of fused-ring (bicyclic) bond motifs is 2. The first-order valence-electron chi connectivity index (χ1n) is 7.39. The standard InChI is InChI=1S/C19H12N2OS/c1-2-6-13(7-3-1)16-12-23-19-20-15(11-21(16)19)18-10-14-8-4-5-9-17(14)22-18/h1-12H. The number of benzene rings is 2. The van der Waals surface area contributed by atoms with E-state index in [0.29, 0.717) is 0 Å². The molecular weight excluding hydrogens is 304 g/mol. The van der Waals surface area contributed by atoms with Gasteiger partial charge in [0.15, 0.2) is 10.7 Å². The zero-order valence-corrected chi connectivity index (χ0v) is 13.0. The highest BCUT2D eigenvalue weighted by atomic mass is 32.1. The van der Waals surface area contributed by atoms with Crippen molar-refractivity contribution in [1.82, 2.24) is 9.38 Å². The van der Waals surface area contributed by atoms with Crippen LogP contribution in [-0.2, 0) is 0 Å². The van der Waals surface area contributed by atoms with E-state index in [1.807, 2.05) is 36.5 Å². The Hall–Kier alpha value is -2.85. The maximum absolute atomic E-state index is 5.93. The number of nitrogens with zero attached hydrogens (tertiary/aromatic N) is 2. The van der Waals surface area contributed by atoms with Crippen molar-refractivity contribution in [2.24, 2.45) is 0 Å². The van der Waals surface area contributed by atoms with Crippen molar-refractivity contribution in [3.8, 4) is 22.7 Å². The molecule has 0 aliphatic carbocycles. The molecule has 3 nitrogen and oxygen atoms in total. The van der Waals surface area contributed by atoms with Gasteiger partial charge in [0.05, 0.1) is 5.69 Å². The third-order valence-electron chi connectivity index (χ3n) is 3.96. The van der Waals surface area contributed by atoms with Gasteiger partial charge in [0.25, 0.3) is 0 Å². The highest BCUT2D eigenvalue weighted by Crippen LogP contribution is 2.31. The largest absolute Gasteiger partial charge is 0.454 e. The lowest BCUT2D eigenvalue weighted by Gasteiger charge is -1.98. The topological polar surface area (TPSA) is 30.4 Å². The first kappa shape index (κ1) is 12.7. The second kappa shape index (κ2) is 4.83. The first-order valence-corrected chi connectivity index (χ1v) is 8.27. The summed E-state index contributed by atoms with van der Waals surface area (Å²) in [6, 6.07) is 20.4. The van der Waals surface area contributed by atoms with Crippen molar-refractivity contribution in [1.29, 1.82) is 0 Å². The summed E-state index contributed by atoms with van der Waals surface area (Å²) in [5, 5.41) is 3.24. The van der Waals surface area contributed by atoms with Gasteiger partial charge in [0, 0.05) is 17.0 Å². The number of furan rings is 1. The Labute approximate surface area is 136 Å². The molecule has 0 aliphatic heterocycles. The van der Waals surface area contributed by atoms with Crippen molar-refractivity contribution >= 4 is 27.3 Å². The van der Waals surface area contributed by atoms with Crippen molar-refractivity contribution in [3.63, 3.8) is 0 Å². The molecule has 0 unspecified atom stereocenters. The van der Waals surface area contributed by atoms with Crippen LogP contribution in [0.2, 0.25) is 0 Å². The Morgan fingerprint density at radius 3 is 2.65 bits per heavy atom. The molecule has 3 aromatic heterocycles. The van der Waals surface area contributed by atoms with E-state index >= 15 is 0 Å². The molecule has 0 amide bonds. The second-order valence-corrected chi connectivity index (χ2v) is 6.25. The number of para-hydroxylation sites is 1. The Kier molecular flexibility index (Phi) is 2.66. The molecule has 5 aromatic rings. The predicted octanol–water partition coefficient (Wildman–Crippen LogP) is 5.48. The SMILES string of the molecule is c1ccc(-c2csc3nc(-c4cc5ccccc5o4)cn23)cc1. The fourth-order valence-corrected chi connectivity index (χ4v) is 3.71. The van der Waals surface area contributed by atoms with E-state index in [1.165, 1.54) is 5.56 Å². The molecule has 0 radical (unpaired) electrons. The first-order chi connectivity index (χ1) is 11.4. The molecule has 3 heterocycles.